The first-order valence-electron chi connectivity index (χ1n) is 5.96. The molecule has 0 spiro atoms. The average molecular weight is 220 g/mol. The molecule has 2 aliphatic rings. The zero-order valence-corrected chi connectivity index (χ0v) is 10.1. The molecule has 0 radical (unpaired) electrons. The van der Waals surface area contributed by atoms with Crippen molar-refractivity contribution in [1.82, 2.24) is 0 Å². The Morgan fingerprint density at radius 3 is 2.88 bits per heavy atom. The molecular weight excluding hydrogens is 200 g/mol. The molecule has 2 rings (SSSR count). The van der Waals surface area contributed by atoms with Gasteiger partial charge in [0, 0.05) is 6.04 Å². The van der Waals surface area contributed by atoms with Gasteiger partial charge in [-0.25, -0.2) is 0 Å². The third-order valence-corrected chi connectivity index (χ3v) is 2.99. The van der Waals surface area contributed by atoms with E-state index >= 15 is 0 Å². The Hall–Kier alpha value is -1.09. The first-order valence-corrected chi connectivity index (χ1v) is 5.96. The Bertz CT molecular complexity index is 347. The number of hydrogen-bond acceptors (Lipinski definition) is 3. The SMILES string of the molecule is CC(C)=NOCC1=C(C2CC2)C=CCC1N. The Morgan fingerprint density at radius 2 is 2.25 bits per heavy atom. The average Bonchev–Trinajstić information content (AvgIpc) is 3.03. The van der Waals surface area contributed by atoms with Gasteiger partial charge in [0.1, 0.15) is 6.61 Å². The summed E-state index contributed by atoms with van der Waals surface area (Å²) in [6.45, 7) is 4.40. The molecule has 2 aliphatic carbocycles. The molecule has 0 heterocycles. The minimum Gasteiger partial charge on any atom is -0.391 e. The molecule has 0 saturated heterocycles. The van der Waals surface area contributed by atoms with Gasteiger partial charge in [0.15, 0.2) is 0 Å². The lowest BCUT2D eigenvalue weighted by Gasteiger charge is -2.21. The normalized spacial score (nSPS) is 24.6. The van der Waals surface area contributed by atoms with E-state index in [2.05, 4.69) is 17.3 Å². The van der Waals surface area contributed by atoms with E-state index in [0.717, 1.165) is 18.1 Å². The number of hydrogen-bond donors (Lipinski definition) is 1. The highest BCUT2D eigenvalue weighted by atomic mass is 16.6. The lowest BCUT2D eigenvalue weighted by atomic mass is 9.91. The topological polar surface area (TPSA) is 47.6 Å². The van der Waals surface area contributed by atoms with E-state index in [1.807, 2.05) is 13.8 Å². The monoisotopic (exact) mass is 220 g/mol. The van der Waals surface area contributed by atoms with Gasteiger partial charge in [0.05, 0.1) is 5.71 Å². The zero-order valence-electron chi connectivity index (χ0n) is 10.1. The predicted molar refractivity (Wildman–Crippen MR) is 66.2 cm³/mol. The van der Waals surface area contributed by atoms with Gasteiger partial charge in [-0.15, -0.1) is 0 Å². The Labute approximate surface area is 97.0 Å². The quantitative estimate of drug-likeness (QED) is 0.584. The molecule has 0 aromatic heterocycles. The minimum atomic E-state index is 0.118. The van der Waals surface area contributed by atoms with Crippen molar-refractivity contribution in [3.05, 3.63) is 23.3 Å². The number of oxime groups is 1. The highest BCUT2D eigenvalue weighted by Crippen LogP contribution is 2.40. The van der Waals surface area contributed by atoms with E-state index in [1.165, 1.54) is 24.0 Å². The maximum atomic E-state index is 6.11. The summed E-state index contributed by atoms with van der Waals surface area (Å²) in [6.07, 6.45) is 7.92. The molecular formula is C13H20N2O. The second-order valence-corrected chi connectivity index (χ2v) is 4.81. The van der Waals surface area contributed by atoms with Gasteiger partial charge in [-0.3, -0.25) is 0 Å². The second-order valence-electron chi connectivity index (χ2n) is 4.81. The smallest absolute Gasteiger partial charge is 0.140 e. The Balaban J connectivity index is 2.06. The summed E-state index contributed by atoms with van der Waals surface area (Å²) in [7, 11) is 0. The number of allylic oxidation sites excluding steroid dienone is 2. The fraction of sp³-hybridized carbons (Fsp3) is 0.615. The first kappa shape index (κ1) is 11.4. The third-order valence-electron chi connectivity index (χ3n) is 2.99. The second kappa shape index (κ2) is 4.83. The van der Waals surface area contributed by atoms with Crippen molar-refractivity contribution >= 4 is 5.71 Å². The summed E-state index contributed by atoms with van der Waals surface area (Å²) in [6, 6.07) is 0.118. The maximum absolute atomic E-state index is 6.11. The molecule has 0 aromatic rings. The number of nitrogens with zero attached hydrogens (tertiary/aromatic N) is 1. The van der Waals surface area contributed by atoms with Crippen LogP contribution in [0.3, 0.4) is 0 Å². The van der Waals surface area contributed by atoms with Crippen LogP contribution in [0.4, 0.5) is 0 Å². The van der Waals surface area contributed by atoms with Crippen LogP contribution in [0.5, 0.6) is 0 Å². The van der Waals surface area contributed by atoms with E-state index in [-0.39, 0.29) is 6.04 Å². The summed E-state index contributed by atoms with van der Waals surface area (Å²) in [5.41, 5.74) is 9.70. The Morgan fingerprint density at radius 1 is 1.50 bits per heavy atom. The van der Waals surface area contributed by atoms with Gasteiger partial charge in [-0.1, -0.05) is 17.3 Å². The molecule has 0 bridgehead atoms. The van der Waals surface area contributed by atoms with E-state index in [9.17, 15) is 0 Å². The van der Waals surface area contributed by atoms with Crippen LogP contribution in [-0.4, -0.2) is 18.4 Å². The van der Waals surface area contributed by atoms with Crippen molar-refractivity contribution < 1.29 is 4.84 Å². The molecule has 1 fully saturated rings. The summed E-state index contributed by atoms with van der Waals surface area (Å²) < 4.78 is 0. The fourth-order valence-corrected chi connectivity index (χ4v) is 2.02. The van der Waals surface area contributed by atoms with Crippen LogP contribution < -0.4 is 5.73 Å². The van der Waals surface area contributed by atoms with Crippen LogP contribution in [0.25, 0.3) is 0 Å². The third kappa shape index (κ3) is 2.73. The van der Waals surface area contributed by atoms with Crippen LogP contribution in [0.15, 0.2) is 28.5 Å². The maximum Gasteiger partial charge on any atom is 0.140 e. The van der Waals surface area contributed by atoms with Gasteiger partial charge in [-0.2, -0.15) is 0 Å². The predicted octanol–water partition coefficient (Wildman–Crippen LogP) is 2.39. The molecule has 1 saturated carbocycles. The van der Waals surface area contributed by atoms with E-state index in [4.69, 9.17) is 10.6 Å². The van der Waals surface area contributed by atoms with E-state index in [1.54, 1.807) is 0 Å². The van der Waals surface area contributed by atoms with Crippen LogP contribution in [0.2, 0.25) is 0 Å². The van der Waals surface area contributed by atoms with Gasteiger partial charge >= 0.3 is 0 Å². The van der Waals surface area contributed by atoms with Gasteiger partial charge < -0.3 is 10.6 Å². The first-order chi connectivity index (χ1) is 7.68. The summed E-state index contributed by atoms with van der Waals surface area (Å²) in [5.74, 6) is 0.730. The number of rotatable bonds is 4. The molecule has 0 amide bonds. The molecule has 0 aliphatic heterocycles. The van der Waals surface area contributed by atoms with Crippen LogP contribution in [0, 0.1) is 5.92 Å². The molecule has 16 heavy (non-hydrogen) atoms. The summed E-state index contributed by atoms with van der Waals surface area (Å²) >= 11 is 0. The molecule has 88 valence electrons. The van der Waals surface area contributed by atoms with Gasteiger partial charge in [-0.05, 0) is 50.2 Å². The molecule has 2 N–H and O–H groups in total. The van der Waals surface area contributed by atoms with Crippen LogP contribution >= 0.6 is 0 Å². The van der Waals surface area contributed by atoms with Gasteiger partial charge in [0.25, 0.3) is 0 Å². The highest BCUT2D eigenvalue weighted by molar-refractivity contribution is 5.78. The molecule has 1 unspecified atom stereocenters. The van der Waals surface area contributed by atoms with E-state index in [0.29, 0.717) is 6.61 Å². The molecule has 1 atom stereocenters. The van der Waals surface area contributed by atoms with Crippen molar-refractivity contribution in [2.75, 3.05) is 6.61 Å². The largest absolute Gasteiger partial charge is 0.391 e. The summed E-state index contributed by atoms with van der Waals surface area (Å²) in [4.78, 5) is 5.33. The van der Waals surface area contributed by atoms with Crippen LogP contribution in [0.1, 0.15) is 33.1 Å². The van der Waals surface area contributed by atoms with E-state index < -0.39 is 0 Å². The zero-order chi connectivity index (χ0) is 11.5. The summed E-state index contributed by atoms with van der Waals surface area (Å²) in [5, 5.41) is 3.97. The van der Waals surface area contributed by atoms with Crippen molar-refractivity contribution in [1.29, 1.82) is 0 Å². The lowest BCUT2D eigenvalue weighted by Crippen LogP contribution is -2.27. The van der Waals surface area contributed by atoms with Crippen molar-refractivity contribution in [3.8, 4) is 0 Å². The minimum absolute atomic E-state index is 0.118. The highest BCUT2D eigenvalue weighted by Gasteiger charge is 2.30. The van der Waals surface area contributed by atoms with Crippen molar-refractivity contribution in [2.24, 2.45) is 16.8 Å². The fourth-order valence-electron chi connectivity index (χ4n) is 2.02. The van der Waals surface area contributed by atoms with Crippen molar-refractivity contribution in [3.63, 3.8) is 0 Å². The standard InChI is InChI=1S/C13H20N2O/c1-9(2)15-16-8-12-11(10-6-7-10)4-3-5-13(12)14/h3-4,10,13H,5-8,14H2,1-2H3. The molecule has 3 heteroatoms. The molecule has 3 nitrogen and oxygen atoms in total. The lowest BCUT2D eigenvalue weighted by molar-refractivity contribution is 0.162. The number of nitrogens with two attached hydrogens (primary N) is 1. The Kier molecular flexibility index (Phi) is 3.44. The molecule has 0 aromatic carbocycles. The van der Waals surface area contributed by atoms with Crippen molar-refractivity contribution in [2.45, 2.75) is 39.2 Å². The van der Waals surface area contributed by atoms with Crippen LogP contribution in [-0.2, 0) is 4.84 Å². The van der Waals surface area contributed by atoms with Gasteiger partial charge in [0.2, 0.25) is 0 Å².